The number of aromatic nitrogens is 1. The second kappa shape index (κ2) is 6.88. The van der Waals surface area contributed by atoms with Crippen molar-refractivity contribution < 1.29 is 9.21 Å². The maximum atomic E-state index is 12.7. The number of amides is 1. The highest BCUT2D eigenvalue weighted by Crippen LogP contribution is 2.26. The first-order valence-corrected chi connectivity index (χ1v) is 8.12. The van der Waals surface area contributed by atoms with Gasteiger partial charge in [-0.05, 0) is 43.7 Å². The van der Waals surface area contributed by atoms with E-state index in [1.807, 2.05) is 31.2 Å². The number of nitriles is 1. The monoisotopic (exact) mass is 353 g/mol. The van der Waals surface area contributed by atoms with E-state index in [0.717, 1.165) is 5.56 Å². The topological polar surface area (TPSA) is 71.0 Å². The summed E-state index contributed by atoms with van der Waals surface area (Å²) in [5.74, 6) is 0.380. The molecule has 1 aromatic carbocycles. The lowest BCUT2D eigenvalue weighted by Gasteiger charge is -2.14. The second-order valence-corrected chi connectivity index (χ2v) is 6.10. The molecule has 0 fully saturated rings. The maximum Gasteiger partial charge on any atom is 0.256 e. The average molecular weight is 354 g/mol. The first kappa shape index (κ1) is 16.9. The molecule has 3 aromatic rings. The minimum Gasteiger partial charge on any atom is -0.443 e. The highest BCUT2D eigenvalue weighted by molar-refractivity contribution is 6.30. The molecule has 0 saturated carbocycles. The summed E-state index contributed by atoms with van der Waals surface area (Å²) < 4.78 is 7.34. The van der Waals surface area contributed by atoms with Crippen LogP contribution in [0.1, 0.15) is 40.2 Å². The van der Waals surface area contributed by atoms with E-state index in [4.69, 9.17) is 16.0 Å². The van der Waals surface area contributed by atoms with Crippen molar-refractivity contribution in [3.63, 3.8) is 0 Å². The summed E-state index contributed by atoms with van der Waals surface area (Å²) in [5.41, 5.74) is 1.34. The smallest absolute Gasteiger partial charge is 0.256 e. The Morgan fingerprint density at radius 1 is 1.32 bits per heavy atom. The van der Waals surface area contributed by atoms with E-state index in [1.165, 1.54) is 0 Å². The van der Waals surface area contributed by atoms with E-state index < -0.39 is 0 Å². The molecule has 2 heterocycles. The molecule has 0 saturated heterocycles. The van der Waals surface area contributed by atoms with Crippen LogP contribution in [0, 0.1) is 18.3 Å². The van der Waals surface area contributed by atoms with E-state index >= 15 is 0 Å². The Balaban J connectivity index is 1.91. The molecule has 0 aliphatic rings. The summed E-state index contributed by atoms with van der Waals surface area (Å²) in [6.45, 7) is 3.53. The van der Waals surface area contributed by atoms with Gasteiger partial charge in [0.05, 0.1) is 6.04 Å². The Morgan fingerprint density at radius 2 is 2.04 bits per heavy atom. The molecule has 0 unspecified atom stereocenters. The van der Waals surface area contributed by atoms with E-state index in [2.05, 4.69) is 11.4 Å². The highest BCUT2D eigenvalue weighted by Gasteiger charge is 2.25. The number of benzene rings is 1. The third-order valence-electron chi connectivity index (χ3n) is 3.94. The minimum atomic E-state index is -0.358. The molecule has 5 nitrogen and oxygen atoms in total. The third-order valence-corrected chi connectivity index (χ3v) is 4.17. The molecule has 2 aromatic heterocycles. The summed E-state index contributed by atoms with van der Waals surface area (Å²) in [6.07, 6.45) is 3.52. The van der Waals surface area contributed by atoms with Crippen molar-refractivity contribution in [3.8, 4) is 12.0 Å². The van der Waals surface area contributed by atoms with Gasteiger partial charge in [-0.3, -0.25) is 9.36 Å². The Labute approximate surface area is 150 Å². The van der Waals surface area contributed by atoms with Crippen molar-refractivity contribution in [2.75, 3.05) is 0 Å². The molecule has 0 spiro atoms. The van der Waals surface area contributed by atoms with Gasteiger partial charge in [0.25, 0.3) is 5.91 Å². The molecule has 0 radical (unpaired) electrons. The SMILES string of the molecule is Cc1oc(-n2cccc2)c(C#N)c1C(=O)N[C@@H](C)c1cccc(Cl)c1. The van der Waals surface area contributed by atoms with Crippen molar-refractivity contribution in [1.82, 2.24) is 9.88 Å². The van der Waals surface area contributed by atoms with Crippen LogP contribution in [0.3, 0.4) is 0 Å². The Hall–Kier alpha value is -2.97. The van der Waals surface area contributed by atoms with Crippen molar-refractivity contribution in [2.24, 2.45) is 0 Å². The molecule has 126 valence electrons. The van der Waals surface area contributed by atoms with Gasteiger partial charge in [0.2, 0.25) is 5.88 Å². The summed E-state index contributed by atoms with van der Waals surface area (Å²) in [6, 6.07) is 12.7. The molecular formula is C19H16ClN3O2. The van der Waals surface area contributed by atoms with Crippen molar-refractivity contribution in [1.29, 1.82) is 5.26 Å². The molecule has 1 atom stereocenters. The molecule has 6 heteroatoms. The lowest BCUT2D eigenvalue weighted by Crippen LogP contribution is -2.27. The van der Waals surface area contributed by atoms with Crippen LogP contribution in [0.25, 0.3) is 5.88 Å². The predicted octanol–water partition coefficient (Wildman–Crippen LogP) is 4.39. The largest absolute Gasteiger partial charge is 0.443 e. The van der Waals surface area contributed by atoms with Gasteiger partial charge >= 0.3 is 0 Å². The van der Waals surface area contributed by atoms with Crippen LogP contribution in [0.4, 0.5) is 0 Å². The summed E-state index contributed by atoms with van der Waals surface area (Å²) in [4.78, 5) is 12.7. The zero-order valence-corrected chi connectivity index (χ0v) is 14.5. The molecule has 0 bridgehead atoms. The number of aryl methyl sites for hydroxylation is 1. The van der Waals surface area contributed by atoms with Crippen LogP contribution in [0.2, 0.25) is 5.02 Å². The standard InChI is InChI=1S/C19H16ClN3O2/c1-12(14-6-5-7-15(20)10-14)22-18(24)17-13(2)25-19(16(17)11-21)23-8-3-4-9-23/h3-10,12H,1-2H3,(H,22,24)/t12-/m0/s1. The number of rotatable bonds is 4. The summed E-state index contributed by atoms with van der Waals surface area (Å²) in [7, 11) is 0. The van der Waals surface area contributed by atoms with E-state index in [0.29, 0.717) is 16.7 Å². The van der Waals surface area contributed by atoms with E-state index in [9.17, 15) is 10.1 Å². The number of furan rings is 1. The van der Waals surface area contributed by atoms with Gasteiger partial charge in [-0.1, -0.05) is 23.7 Å². The van der Waals surface area contributed by atoms with Gasteiger partial charge in [-0.25, -0.2) is 0 Å². The fourth-order valence-corrected chi connectivity index (χ4v) is 2.89. The molecule has 1 N–H and O–H groups in total. The van der Waals surface area contributed by atoms with Crippen LogP contribution in [-0.4, -0.2) is 10.5 Å². The molecule has 0 aliphatic heterocycles. The summed E-state index contributed by atoms with van der Waals surface area (Å²) in [5, 5.41) is 13.0. The zero-order valence-electron chi connectivity index (χ0n) is 13.8. The number of carbonyl (C=O) groups excluding carboxylic acids is 1. The van der Waals surface area contributed by atoms with Crippen LogP contribution < -0.4 is 5.32 Å². The quantitative estimate of drug-likeness (QED) is 0.755. The Bertz CT molecular complexity index is 952. The van der Waals surface area contributed by atoms with Gasteiger partial charge in [0, 0.05) is 17.4 Å². The van der Waals surface area contributed by atoms with Gasteiger partial charge in [0.1, 0.15) is 23.0 Å². The minimum absolute atomic E-state index is 0.212. The third kappa shape index (κ3) is 3.30. The molecule has 0 aliphatic carbocycles. The van der Waals surface area contributed by atoms with Crippen LogP contribution in [-0.2, 0) is 0 Å². The van der Waals surface area contributed by atoms with Crippen LogP contribution in [0.15, 0.2) is 53.2 Å². The molecular weight excluding hydrogens is 338 g/mol. The lowest BCUT2D eigenvalue weighted by atomic mass is 10.1. The maximum absolute atomic E-state index is 12.7. The second-order valence-electron chi connectivity index (χ2n) is 5.67. The van der Waals surface area contributed by atoms with Crippen molar-refractivity contribution >= 4 is 17.5 Å². The van der Waals surface area contributed by atoms with E-state index in [-0.39, 0.29) is 23.1 Å². The normalized spacial score (nSPS) is 11.8. The predicted molar refractivity (Wildman–Crippen MR) is 94.8 cm³/mol. The van der Waals surface area contributed by atoms with Gasteiger partial charge in [-0.15, -0.1) is 0 Å². The van der Waals surface area contributed by atoms with E-state index in [1.54, 1.807) is 36.0 Å². The number of hydrogen-bond acceptors (Lipinski definition) is 3. The fourth-order valence-electron chi connectivity index (χ4n) is 2.69. The van der Waals surface area contributed by atoms with Crippen LogP contribution in [0.5, 0.6) is 0 Å². The number of nitrogens with one attached hydrogen (secondary N) is 1. The lowest BCUT2D eigenvalue weighted by molar-refractivity contribution is 0.0938. The van der Waals surface area contributed by atoms with Crippen molar-refractivity contribution in [3.05, 3.63) is 76.3 Å². The summed E-state index contributed by atoms with van der Waals surface area (Å²) >= 11 is 6.00. The Kier molecular flexibility index (Phi) is 4.64. The number of halogens is 1. The number of carbonyl (C=O) groups is 1. The van der Waals surface area contributed by atoms with Gasteiger partial charge in [0.15, 0.2) is 0 Å². The highest BCUT2D eigenvalue weighted by atomic mass is 35.5. The van der Waals surface area contributed by atoms with Gasteiger partial charge < -0.3 is 9.73 Å². The van der Waals surface area contributed by atoms with Crippen molar-refractivity contribution in [2.45, 2.75) is 19.9 Å². The molecule has 25 heavy (non-hydrogen) atoms. The number of hydrogen-bond donors (Lipinski definition) is 1. The molecule has 1 amide bonds. The molecule has 3 rings (SSSR count). The first-order valence-electron chi connectivity index (χ1n) is 7.74. The number of nitrogens with zero attached hydrogens (tertiary/aromatic N) is 2. The van der Waals surface area contributed by atoms with Gasteiger partial charge in [-0.2, -0.15) is 5.26 Å². The zero-order chi connectivity index (χ0) is 18.0. The van der Waals surface area contributed by atoms with Crippen LogP contribution >= 0.6 is 11.6 Å². The average Bonchev–Trinajstić information content (AvgIpc) is 3.21. The first-order chi connectivity index (χ1) is 12.0. The fraction of sp³-hybridized carbons (Fsp3) is 0.158. The Morgan fingerprint density at radius 3 is 2.68 bits per heavy atom.